The summed E-state index contributed by atoms with van der Waals surface area (Å²) in [5.74, 6) is 0.825. The Hall–Kier alpha value is 0.250. The van der Waals surface area contributed by atoms with Gasteiger partial charge in [-0.1, -0.05) is 6.92 Å². The lowest BCUT2D eigenvalue weighted by Crippen LogP contribution is -2.23. The summed E-state index contributed by atoms with van der Waals surface area (Å²) in [4.78, 5) is 0. The van der Waals surface area contributed by atoms with Crippen molar-refractivity contribution in [2.45, 2.75) is 26.2 Å². The van der Waals surface area contributed by atoms with E-state index in [1.54, 1.807) is 0 Å². The molecular formula is C8H16ClN. The molecule has 1 fully saturated rings. The molecule has 1 saturated carbocycles. The summed E-state index contributed by atoms with van der Waals surface area (Å²) in [6.45, 7) is 4.41. The highest BCUT2D eigenvalue weighted by molar-refractivity contribution is 6.17. The summed E-state index contributed by atoms with van der Waals surface area (Å²) in [5.41, 5.74) is 0.609. The summed E-state index contributed by atoms with van der Waals surface area (Å²) in [5, 5.41) is 3.38. The Kier molecular flexibility index (Phi) is 2.99. The van der Waals surface area contributed by atoms with Gasteiger partial charge >= 0.3 is 0 Å². The second-order valence-corrected chi connectivity index (χ2v) is 3.60. The number of hydrogen-bond donors (Lipinski definition) is 1. The normalized spacial score (nSPS) is 21.0. The SMILES string of the molecule is CCNCC1(CCCl)CC1. The van der Waals surface area contributed by atoms with E-state index in [0.717, 1.165) is 12.4 Å². The van der Waals surface area contributed by atoms with E-state index in [-0.39, 0.29) is 0 Å². The van der Waals surface area contributed by atoms with Crippen molar-refractivity contribution in [3.05, 3.63) is 0 Å². The maximum absolute atomic E-state index is 5.68. The summed E-state index contributed by atoms with van der Waals surface area (Å²) in [6.07, 6.45) is 3.96. The first-order valence-electron chi connectivity index (χ1n) is 4.10. The third kappa shape index (κ3) is 2.14. The lowest BCUT2D eigenvalue weighted by atomic mass is 10.0. The van der Waals surface area contributed by atoms with Crippen molar-refractivity contribution >= 4 is 11.6 Å². The van der Waals surface area contributed by atoms with Crippen molar-refractivity contribution in [3.63, 3.8) is 0 Å². The predicted molar refractivity (Wildman–Crippen MR) is 45.5 cm³/mol. The molecule has 0 radical (unpaired) electrons. The minimum absolute atomic E-state index is 0.609. The quantitative estimate of drug-likeness (QED) is 0.609. The largest absolute Gasteiger partial charge is 0.316 e. The van der Waals surface area contributed by atoms with E-state index < -0.39 is 0 Å². The van der Waals surface area contributed by atoms with Crippen molar-refractivity contribution < 1.29 is 0 Å². The fourth-order valence-corrected chi connectivity index (χ4v) is 1.68. The van der Waals surface area contributed by atoms with Gasteiger partial charge in [0.05, 0.1) is 0 Å². The third-order valence-corrected chi connectivity index (χ3v) is 2.52. The van der Waals surface area contributed by atoms with Gasteiger partial charge in [0.2, 0.25) is 0 Å². The molecule has 0 aromatic heterocycles. The molecule has 0 aromatic carbocycles. The van der Waals surface area contributed by atoms with Crippen LogP contribution < -0.4 is 5.32 Å². The third-order valence-electron chi connectivity index (χ3n) is 2.33. The van der Waals surface area contributed by atoms with Crippen LogP contribution in [0, 0.1) is 5.41 Å². The zero-order valence-electron chi connectivity index (χ0n) is 6.62. The molecule has 1 aliphatic carbocycles. The van der Waals surface area contributed by atoms with Gasteiger partial charge < -0.3 is 5.32 Å². The van der Waals surface area contributed by atoms with Gasteiger partial charge in [0.15, 0.2) is 0 Å². The first kappa shape index (κ1) is 8.35. The zero-order chi connectivity index (χ0) is 7.45. The Morgan fingerprint density at radius 2 is 2.20 bits per heavy atom. The highest BCUT2D eigenvalue weighted by Crippen LogP contribution is 2.48. The predicted octanol–water partition coefficient (Wildman–Crippen LogP) is 2.00. The number of hydrogen-bond acceptors (Lipinski definition) is 1. The fourth-order valence-electron chi connectivity index (χ4n) is 1.28. The van der Waals surface area contributed by atoms with Crippen LogP contribution in [-0.4, -0.2) is 19.0 Å². The molecule has 1 N–H and O–H groups in total. The molecule has 0 amide bonds. The van der Waals surface area contributed by atoms with Crippen LogP contribution >= 0.6 is 11.6 Å². The summed E-state index contributed by atoms with van der Waals surface area (Å²) < 4.78 is 0. The lowest BCUT2D eigenvalue weighted by Gasteiger charge is -2.12. The van der Waals surface area contributed by atoms with Gasteiger partial charge in [-0.2, -0.15) is 0 Å². The van der Waals surface area contributed by atoms with Gasteiger partial charge in [0.25, 0.3) is 0 Å². The van der Waals surface area contributed by atoms with Gasteiger partial charge in [-0.3, -0.25) is 0 Å². The molecule has 0 atom stereocenters. The van der Waals surface area contributed by atoms with Crippen LogP contribution in [-0.2, 0) is 0 Å². The van der Waals surface area contributed by atoms with Crippen molar-refractivity contribution in [1.82, 2.24) is 5.32 Å². The minimum atomic E-state index is 0.609. The molecule has 2 heteroatoms. The molecule has 0 heterocycles. The highest BCUT2D eigenvalue weighted by Gasteiger charge is 2.40. The smallest absolute Gasteiger partial charge is 0.0229 e. The van der Waals surface area contributed by atoms with E-state index in [1.807, 2.05) is 0 Å². The van der Waals surface area contributed by atoms with Gasteiger partial charge in [-0.25, -0.2) is 0 Å². The monoisotopic (exact) mass is 161 g/mol. The van der Waals surface area contributed by atoms with Crippen LogP contribution in [0.5, 0.6) is 0 Å². The average molecular weight is 162 g/mol. The van der Waals surface area contributed by atoms with E-state index in [9.17, 15) is 0 Å². The molecule has 0 aromatic rings. The topological polar surface area (TPSA) is 12.0 Å². The highest BCUT2D eigenvalue weighted by atomic mass is 35.5. The first-order valence-corrected chi connectivity index (χ1v) is 4.63. The van der Waals surface area contributed by atoms with Crippen LogP contribution in [0.3, 0.4) is 0 Å². The molecule has 0 aliphatic heterocycles. The zero-order valence-corrected chi connectivity index (χ0v) is 7.38. The molecule has 0 spiro atoms. The second kappa shape index (κ2) is 3.59. The number of rotatable bonds is 5. The van der Waals surface area contributed by atoms with E-state index in [1.165, 1.54) is 25.8 Å². The van der Waals surface area contributed by atoms with Gasteiger partial charge in [0.1, 0.15) is 0 Å². The minimum Gasteiger partial charge on any atom is -0.316 e. The summed E-state index contributed by atoms with van der Waals surface area (Å²) >= 11 is 5.68. The Bertz CT molecular complexity index is 99.4. The molecule has 60 valence electrons. The van der Waals surface area contributed by atoms with Crippen molar-refractivity contribution in [1.29, 1.82) is 0 Å². The second-order valence-electron chi connectivity index (χ2n) is 3.22. The Balaban J connectivity index is 2.11. The molecule has 0 saturated heterocycles. The van der Waals surface area contributed by atoms with Crippen molar-refractivity contribution in [2.75, 3.05) is 19.0 Å². The number of alkyl halides is 1. The van der Waals surface area contributed by atoms with Gasteiger partial charge in [-0.15, -0.1) is 11.6 Å². The Labute approximate surface area is 68.1 Å². The maximum atomic E-state index is 5.68. The Morgan fingerprint density at radius 3 is 2.60 bits per heavy atom. The van der Waals surface area contributed by atoms with E-state index >= 15 is 0 Å². The average Bonchev–Trinajstić information content (AvgIpc) is 2.67. The Morgan fingerprint density at radius 1 is 1.50 bits per heavy atom. The first-order chi connectivity index (χ1) is 4.83. The number of halogens is 1. The molecule has 1 aliphatic rings. The van der Waals surface area contributed by atoms with Crippen LogP contribution in [0.4, 0.5) is 0 Å². The molecule has 1 nitrogen and oxygen atoms in total. The van der Waals surface area contributed by atoms with Crippen LogP contribution in [0.15, 0.2) is 0 Å². The molecule has 0 bridgehead atoms. The van der Waals surface area contributed by atoms with Crippen LogP contribution in [0.1, 0.15) is 26.2 Å². The maximum Gasteiger partial charge on any atom is 0.0229 e. The summed E-state index contributed by atoms with van der Waals surface area (Å²) in [7, 11) is 0. The van der Waals surface area contributed by atoms with Gasteiger partial charge in [0, 0.05) is 12.4 Å². The van der Waals surface area contributed by atoms with Crippen LogP contribution in [0.2, 0.25) is 0 Å². The van der Waals surface area contributed by atoms with Crippen molar-refractivity contribution in [3.8, 4) is 0 Å². The molecular weight excluding hydrogens is 146 g/mol. The summed E-state index contributed by atoms with van der Waals surface area (Å²) in [6, 6.07) is 0. The van der Waals surface area contributed by atoms with Gasteiger partial charge in [-0.05, 0) is 31.2 Å². The molecule has 10 heavy (non-hydrogen) atoms. The van der Waals surface area contributed by atoms with E-state index in [0.29, 0.717) is 5.41 Å². The fraction of sp³-hybridized carbons (Fsp3) is 1.00. The molecule has 1 rings (SSSR count). The lowest BCUT2D eigenvalue weighted by molar-refractivity contribution is 0.453. The van der Waals surface area contributed by atoms with Crippen molar-refractivity contribution in [2.24, 2.45) is 5.41 Å². The molecule has 0 unspecified atom stereocenters. The standard InChI is InChI=1S/C8H16ClN/c1-2-10-7-8(3-4-8)5-6-9/h10H,2-7H2,1H3. The van der Waals surface area contributed by atoms with E-state index in [2.05, 4.69) is 12.2 Å². The number of nitrogens with one attached hydrogen (secondary N) is 1. The van der Waals surface area contributed by atoms with E-state index in [4.69, 9.17) is 11.6 Å². The van der Waals surface area contributed by atoms with Crippen LogP contribution in [0.25, 0.3) is 0 Å².